The molecule has 1 N–H and O–H groups in total. The molecule has 0 bridgehead atoms. The summed E-state index contributed by atoms with van der Waals surface area (Å²) in [6.07, 6.45) is 2.42. The number of halogens is 3. The number of alkyl halides is 1. The Balaban J connectivity index is 1.68. The fraction of sp³-hybridized carbons (Fsp3) is 0.188. The van der Waals surface area contributed by atoms with Crippen molar-refractivity contribution in [3.63, 3.8) is 0 Å². The van der Waals surface area contributed by atoms with Gasteiger partial charge < -0.3 is 5.32 Å². The molecule has 1 aromatic carbocycles. The normalized spacial score (nSPS) is 19.5. The van der Waals surface area contributed by atoms with E-state index < -0.39 is 23.8 Å². The van der Waals surface area contributed by atoms with Crippen molar-refractivity contribution < 1.29 is 13.6 Å². The molecule has 5 nitrogen and oxygen atoms in total. The first-order valence-electron chi connectivity index (χ1n) is 7.27. The number of benzene rings is 1. The van der Waals surface area contributed by atoms with Crippen molar-refractivity contribution in [2.75, 3.05) is 5.32 Å². The van der Waals surface area contributed by atoms with Crippen LogP contribution in [0.2, 0.25) is 0 Å². The van der Waals surface area contributed by atoms with E-state index in [9.17, 15) is 13.6 Å². The van der Waals surface area contributed by atoms with Gasteiger partial charge in [-0.1, -0.05) is 0 Å². The number of hydrogen-bond acceptors (Lipinski definition) is 3. The minimum atomic E-state index is -1.08. The summed E-state index contributed by atoms with van der Waals surface area (Å²) in [7, 11) is 0. The first kappa shape index (κ1) is 15.2. The van der Waals surface area contributed by atoms with Crippen LogP contribution in [0.15, 0.2) is 41.1 Å². The number of aromatic nitrogens is 3. The molecule has 2 unspecified atom stereocenters. The van der Waals surface area contributed by atoms with E-state index >= 15 is 0 Å². The molecule has 0 radical (unpaired) electrons. The van der Waals surface area contributed by atoms with Gasteiger partial charge in [0.25, 0.3) is 0 Å². The van der Waals surface area contributed by atoms with E-state index in [4.69, 9.17) is 0 Å². The number of anilines is 1. The molecule has 2 atom stereocenters. The Kier molecular flexibility index (Phi) is 3.56. The van der Waals surface area contributed by atoms with Crippen LogP contribution in [0, 0.1) is 11.7 Å². The van der Waals surface area contributed by atoms with Gasteiger partial charge in [0.2, 0.25) is 5.91 Å². The second kappa shape index (κ2) is 5.62. The van der Waals surface area contributed by atoms with E-state index in [1.807, 2.05) is 6.07 Å². The molecule has 1 saturated carbocycles. The van der Waals surface area contributed by atoms with Gasteiger partial charge in [0.15, 0.2) is 5.65 Å². The Labute approximate surface area is 143 Å². The zero-order chi connectivity index (χ0) is 16.8. The van der Waals surface area contributed by atoms with Crippen molar-refractivity contribution >= 4 is 38.6 Å². The molecule has 0 saturated heterocycles. The Morgan fingerprint density at radius 2 is 2.17 bits per heavy atom. The molecule has 0 aliphatic heterocycles. The van der Waals surface area contributed by atoms with Gasteiger partial charge in [-0.15, -0.1) is 5.10 Å². The number of nitrogens with one attached hydrogen (secondary N) is 1. The van der Waals surface area contributed by atoms with Gasteiger partial charge in [0, 0.05) is 27.9 Å². The van der Waals surface area contributed by atoms with Crippen molar-refractivity contribution in [3.8, 4) is 5.69 Å². The third-order valence-corrected chi connectivity index (χ3v) is 4.27. The number of hydrogen-bond donors (Lipinski definition) is 1. The summed E-state index contributed by atoms with van der Waals surface area (Å²) in [6, 6.07) is 5.96. The van der Waals surface area contributed by atoms with Crippen LogP contribution in [0.5, 0.6) is 0 Å². The average Bonchev–Trinajstić information content (AvgIpc) is 3.14. The maximum atomic E-state index is 14.2. The molecular weight excluding hydrogens is 382 g/mol. The van der Waals surface area contributed by atoms with Crippen LogP contribution in [-0.2, 0) is 4.79 Å². The Bertz CT molecular complexity index is 958. The number of rotatable bonds is 3. The molecule has 2 aromatic heterocycles. The topological polar surface area (TPSA) is 59.8 Å². The zero-order valence-electron chi connectivity index (χ0n) is 12.2. The highest BCUT2D eigenvalue weighted by molar-refractivity contribution is 9.10. The summed E-state index contributed by atoms with van der Waals surface area (Å²) in [6.45, 7) is 0. The summed E-state index contributed by atoms with van der Waals surface area (Å²) >= 11 is 3.32. The molecule has 3 aromatic rings. The summed E-state index contributed by atoms with van der Waals surface area (Å²) in [5.41, 5.74) is 1.05. The lowest BCUT2D eigenvalue weighted by molar-refractivity contribution is -0.117. The first-order valence-corrected chi connectivity index (χ1v) is 8.06. The quantitative estimate of drug-likeness (QED) is 0.740. The molecule has 1 aliphatic carbocycles. The lowest BCUT2D eigenvalue weighted by Gasteiger charge is -2.08. The number of carbonyl (C=O) groups excluding carboxylic acids is 1. The maximum absolute atomic E-state index is 14.2. The number of nitrogens with zero attached hydrogens (tertiary/aromatic N) is 3. The van der Waals surface area contributed by atoms with Crippen LogP contribution >= 0.6 is 15.9 Å². The van der Waals surface area contributed by atoms with E-state index in [0.717, 1.165) is 9.86 Å². The van der Waals surface area contributed by atoms with Gasteiger partial charge in [-0.3, -0.25) is 4.79 Å². The van der Waals surface area contributed by atoms with E-state index in [1.54, 1.807) is 12.4 Å². The van der Waals surface area contributed by atoms with E-state index in [1.165, 1.54) is 22.9 Å². The van der Waals surface area contributed by atoms with Crippen molar-refractivity contribution in [1.29, 1.82) is 0 Å². The molecule has 1 aliphatic rings. The Morgan fingerprint density at radius 1 is 1.38 bits per heavy atom. The number of amides is 1. The van der Waals surface area contributed by atoms with Gasteiger partial charge >= 0.3 is 0 Å². The van der Waals surface area contributed by atoms with Crippen molar-refractivity contribution in [1.82, 2.24) is 14.8 Å². The zero-order valence-corrected chi connectivity index (χ0v) is 13.8. The molecular formula is C16H11BrF2N4O. The number of pyridine rings is 1. The van der Waals surface area contributed by atoms with Gasteiger partial charge in [0.05, 0.1) is 5.92 Å². The largest absolute Gasteiger partial charge is 0.326 e. The lowest BCUT2D eigenvalue weighted by Crippen LogP contribution is -2.15. The van der Waals surface area contributed by atoms with Crippen molar-refractivity contribution in [2.45, 2.75) is 12.6 Å². The van der Waals surface area contributed by atoms with E-state index in [-0.39, 0.29) is 12.1 Å². The van der Waals surface area contributed by atoms with Crippen LogP contribution < -0.4 is 5.32 Å². The third-order valence-electron chi connectivity index (χ3n) is 3.84. The smallest absolute Gasteiger partial charge is 0.230 e. The minimum Gasteiger partial charge on any atom is -0.326 e. The van der Waals surface area contributed by atoms with Crippen molar-refractivity contribution in [3.05, 3.63) is 46.9 Å². The molecule has 122 valence electrons. The van der Waals surface area contributed by atoms with Crippen molar-refractivity contribution in [2.24, 2.45) is 5.92 Å². The standard InChI is InChI=1S/C16H11BrF2N4O/c17-9-3-8-7-23(22-15(8)20-6-9)14-4-10(1-2-12(14)18)21-16(24)11-5-13(11)19/h1-4,6-7,11,13H,5H2,(H,21,24). The minimum absolute atomic E-state index is 0.175. The van der Waals surface area contributed by atoms with Crippen LogP contribution in [0.1, 0.15) is 6.42 Å². The third kappa shape index (κ3) is 2.77. The average molecular weight is 393 g/mol. The van der Waals surface area contributed by atoms with Gasteiger partial charge in [-0.25, -0.2) is 18.4 Å². The fourth-order valence-corrected chi connectivity index (χ4v) is 2.80. The molecule has 1 amide bonds. The fourth-order valence-electron chi connectivity index (χ4n) is 2.45. The molecule has 4 rings (SSSR count). The number of carbonyl (C=O) groups is 1. The highest BCUT2D eigenvalue weighted by atomic mass is 79.9. The second-order valence-electron chi connectivity index (χ2n) is 5.65. The molecule has 24 heavy (non-hydrogen) atoms. The molecule has 0 spiro atoms. The maximum Gasteiger partial charge on any atom is 0.230 e. The molecule has 8 heteroatoms. The first-order chi connectivity index (χ1) is 11.5. The predicted molar refractivity (Wildman–Crippen MR) is 88.2 cm³/mol. The van der Waals surface area contributed by atoms with Crippen LogP contribution in [-0.4, -0.2) is 26.8 Å². The second-order valence-corrected chi connectivity index (χ2v) is 6.57. The summed E-state index contributed by atoms with van der Waals surface area (Å²) < 4.78 is 29.3. The Hall–Kier alpha value is -2.35. The van der Waals surface area contributed by atoms with E-state index in [2.05, 4.69) is 31.3 Å². The van der Waals surface area contributed by atoms with Crippen LogP contribution in [0.25, 0.3) is 16.7 Å². The summed E-state index contributed by atoms with van der Waals surface area (Å²) in [5, 5.41) is 7.59. The van der Waals surface area contributed by atoms with Gasteiger partial charge in [-0.05, 0) is 46.6 Å². The number of fused-ring (bicyclic) bond motifs is 1. The van der Waals surface area contributed by atoms with Crippen LogP contribution in [0.4, 0.5) is 14.5 Å². The highest BCUT2D eigenvalue weighted by Crippen LogP contribution is 2.35. The molecule has 2 heterocycles. The van der Waals surface area contributed by atoms with Gasteiger partial charge in [-0.2, -0.15) is 0 Å². The summed E-state index contributed by atoms with van der Waals surface area (Å²) in [5.74, 6) is -1.49. The molecule has 1 fully saturated rings. The highest BCUT2D eigenvalue weighted by Gasteiger charge is 2.43. The van der Waals surface area contributed by atoms with Crippen LogP contribution in [0.3, 0.4) is 0 Å². The monoisotopic (exact) mass is 392 g/mol. The SMILES string of the molecule is O=C(Nc1ccc(F)c(-n2cc3cc(Br)cnc3n2)c1)C1CC1F. The summed E-state index contributed by atoms with van der Waals surface area (Å²) in [4.78, 5) is 16.0. The predicted octanol–water partition coefficient (Wildman–Crippen LogP) is 3.62. The van der Waals surface area contributed by atoms with Gasteiger partial charge in [0.1, 0.15) is 17.7 Å². The Morgan fingerprint density at radius 3 is 2.92 bits per heavy atom. The lowest BCUT2D eigenvalue weighted by atomic mass is 10.2. The van der Waals surface area contributed by atoms with E-state index in [0.29, 0.717) is 11.3 Å².